The van der Waals surface area contributed by atoms with Crippen LogP contribution in [0.1, 0.15) is 10.4 Å². The molecule has 0 spiro atoms. The van der Waals surface area contributed by atoms with Crippen molar-refractivity contribution in [3.8, 4) is 0 Å². The number of piperazine rings is 1. The lowest BCUT2D eigenvalue weighted by molar-refractivity contribution is -0.120. The van der Waals surface area contributed by atoms with Gasteiger partial charge in [-0.2, -0.15) is 0 Å². The summed E-state index contributed by atoms with van der Waals surface area (Å²) in [4.78, 5) is 27.8. The smallest absolute Gasteiger partial charge is 0.254 e. The van der Waals surface area contributed by atoms with E-state index in [4.69, 9.17) is 11.6 Å². The maximum atomic E-state index is 13.5. The number of hydrogen-bond donors (Lipinski definition) is 0. The van der Waals surface area contributed by atoms with Crippen molar-refractivity contribution in [3.63, 3.8) is 0 Å². The number of nitrogens with zero attached hydrogens (tertiary/aromatic N) is 2. The summed E-state index contributed by atoms with van der Waals surface area (Å²) in [6.45, 7) is 0.770. The topological polar surface area (TPSA) is 40.6 Å². The Morgan fingerprint density at radius 1 is 1.09 bits per heavy atom. The number of carbonyl (C=O) groups is 2. The van der Waals surface area contributed by atoms with Crippen LogP contribution >= 0.6 is 11.6 Å². The molecule has 0 unspecified atom stereocenters. The van der Waals surface area contributed by atoms with Crippen LogP contribution in [-0.2, 0) is 4.79 Å². The fourth-order valence-electron chi connectivity index (χ4n) is 2.54. The van der Waals surface area contributed by atoms with Gasteiger partial charge in [-0.1, -0.05) is 29.8 Å². The number of rotatable bonds is 2. The highest BCUT2D eigenvalue weighted by Gasteiger charge is 2.28. The Labute approximate surface area is 138 Å². The second-order valence-electron chi connectivity index (χ2n) is 5.24. The molecule has 1 aliphatic rings. The largest absolute Gasteiger partial charge is 0.328 e. The lowest BCUT2D eigenvalue weighted by Gasteiger charge is -2.34. The van der Waals surface area contributed by atoms with Crippen molar-refractivity contribution in [2.75, 3.05) is 24.5 Å². The highest BCUT2D eigenvalue weighted by atomic mass is 35.5. The molecule has 0 saturated carbocycles. The Hall–Kier alpha value is -2.40. The lowest BCUT2D eigenvalue weighted by atomic mass is 10.1. The van der Waals surface area contributed by atoms with E-state index in [1.54, 1.807) is 4.90 Å². The molecular weight excluding hydrogens is 319 g/mol. The van der Waals surface area contributed by atoms with Crippen LogP contribution in [0.4, 0.5) is 10.1 Å². The number of amides is 2. The number of hydrogen-bond acceptors (Lipinski definition) is 2. The fourth-order valence-corrected chi connectivity index (χ4v) is 2.66. The van der Waals surface area contributed by atoms with E-state index in [0.717, 1.165) is 11.8 Å². The van der Waals surface area contributed by atoms with Crippen molar-refractivity contribution in [2.45, 2.75) is 0 Å². The van der Waals surface area contributed by atoms with Gasteiger partial charge in [0.2, 0.25) is 5.91 Å². The average molecular weight is 333 g/mol. The SMILES string of the molecule is O=C(c1ccc(Cl)c(F)c1)N1CCN(c2ccccc2)C(=O)C1. The standard InChI is InChI=1S/C17H14ClFN2O2/c18-14-7-6-12(10-15(14)19)17(23)20-8-9-21(16(22)11-20)13-4-2-1-3-5-13/h1-7,10H,8-9,11H2. The maximum absolute atomic E-state index is 13.5. The van der Waals surface area contributed by atoms with Gasteiger partial charge >= 0.3 is 0 Å². The summed E-state index contributed by atoms with van der Waals surface area (Å²) in [5.41, 5.74) is 0.995. The lowest BCUT2D eigenvalue weighted by Crippen LogP contribution is -2.52. The third kappa shape index (κ3) is 3.19. The molecule has 1 aliphatic heterocycles. The van der Waals surface area contributed by atoms with Gasteiger partial charge < -0.3 is 9.80 Å². The summed E-state index contributed by atoms with van der Waals surface area (Å²) >= 11 is 5.62. The zero-order valence-electron chi connectivity index (χ0n) is 12.2. The van der Waals surface area contributed by atoms with E-state index in [0.29, 0.717) is 13.1 Å². The molecule has 0 radical (unpaired) electrons. The molecule has 23 heavy (non-hydrogen) atoms. The van der Waals surface area contributed by atoms with E-state index in [9.17, 15) is 14.0 Å². The van der Waals surface area contributed by atoms with Gasteiger partial charge in [-0.15, -0.1) is 0 Å². The average Bonchev–Trinajstić information content (AvgIpc) is 2.57. The molecule has 2 aromatic rings. The maximum Gasteiger partial charge on any atom is 0.254 e. The quantitative estimate of drug-likeness (QED) is 0.848. The van der Waals surface area contributed by atoms with Gasteiger partial charge in [0.05, 0.1) is 5.02 Å². The van der Waals surface area contributed by atoms with E-state index >= 15 is 0 Å². The van der Waals surface area contributed by atoms with Crippen LogP contribution in [0.3, 0.4) is 0 Å². The van der Waals surface area contributed by atoms with Crippen LogP contribution in [0.15, 0.2) is 48.5 Å². The highest BCUT2D eigenvalue weighted by molar-refractivity contribution is 6.30. The molecule has 2 amide bonds. The van der Waals surface area contributed by atoms with E-state index < -0.39 is 5.82 Å². The van der Waals surface area contributed by atoms with Crippen LogP contribution in [-0.4, -0.2) is 36.3 Å². The van der Waals surface area contributed by atoms with Crippen molar-refractivity contribution < 1.29 is 14.0 Å². The Balaban J connectivity index is 1.73. The molecule has 0 bridgehead atoms. The fraction of sp³-hybridized carbons (Fsp3) is 0.176. The number of para-hydroxylation sites is 1. The zero-order chi connectivity index (χ0) is 16.4. The summed E-state index contributed by atoms with van der Waals surface area (Å²) < 4.78 is 13.5. The molecule has 3 rings (SSSR count). The zero-order valence-corrected chi connectivity index (χ0v) is 13.0. The first-order valence-electron chi connectivity index (χ1n) is 7.16. The molecule has 118 valence electrons. The van der Waals surface area contributed by atoms with E-state index in [1.807, 2.05) is 30.3 Å². The first kappa shape index (κ1) is 15.5. The molecule has 0 N–H and O–H groups in total. The Morgan fingerprint density at radius 3 is 2.48 bits per heavy atom. The Kier molecular flexibility index (Phi) is 4.30. The van der Waals surface area contributed by atoms with E-state index in [2.05, 4.69) is 0 Å². The number of anilines is 1. The summed E-state index contributed by atoms with van der Waals surface area (Å²) in [6.07, 6.45) is 0. The summed E-state index contributed by atoms with van der Waals surface area (Å²) in [5, 5.41) is -0.0356. The van der Waals surface area contributed by atoms with Crippen molar-refractivity contribution in [3.05, 3.63) is 64.9 Å². The minimum Gasteiger partial charge on any atom is -0.328 e. The van der Waals surface area contributed by atoms with Crippen LogP contribution in [0.5, 0.6) is 0 Å². The van der Waals surface area contributed by atoms with Gasteiger partial charge in [-0.3, -0.25) is 9.59 Å². The predicted molar refractivity (Wildman–Crippen MR) is 86.1 cm³/mol. The first-order chi connectivity index (χ1) is 11.1. The number of carbonyl (C=O) groups excluding carboxylic acids is 2. The molecule has 0 aliphatic carbocycles. The van der Waals surface area contributed by atoms with Crippen molar-refractivity contribution in [1.29, 1.82) is 0 Å². The minimum absolute atomic E-state index is 0.0298. The van der Waals surface area contributed by atoms with Crippen LogP contribution in [0.2, 0.25) is 5.02 Å². The monoisotopic (exact) mass is 332 g/mol. The van der Waals surface area contributed by atoms with Gasteiger partial charge in [0.25, 0.3) is 5.91 Å². The van der Waals surface area contributed by atoms with E-state index in [-0.39, 0.29) is 28.9 Å². The van der Waals surface area contributed by atoms with Gasteiger partial charge in [-0.05, 0) is 30.3 Å². The molecule has 6 heteroatoms. The van der Waals surface area contributed by atoms with Crippen LogP contribution in [0, 0.1) is 5.82 Å². The molecule has 1 fully saturated rings. The molecule has 0 aromatic heterocycles. The molecule has 4 nitrogen and oxygen atoms in total. The van der Waals surface area contributed by atoms with Gasteiger partial charge in [-0.25, -0.2) is 4.39 Å². The van der Waals surface area contributed by atoms with Crippen LogP contribution < -0.4 is 4.90 Å². The second kappa shape index (κ2) is 6.38. The minimum atomic E-state index is -0.647. The molecule has 1 heterocycles. The van der Waals surface area contributed by atoms with Gasteiger partial charge in [0.1, 0.15) is 12.4 Å². The Bertz CT molecular complexity index is 752. The molecule has 1 saturated heterocycles. The molecule has 2 aromatic carbocycles. The molecule has 0 atom stereocenters. The normalized spacial score (nSPS) is 15.0. The predicted octanol–water partition coefficient (Wildman–Crippen LogP) is 2.97. The summed E-state index contributed by atoms with van der Waals surface area (Å²) in [6, 6.07) is 13.2. The third-order valence-corrected chi connectivity index (χ3v) is 4.05. The van der Waals surface area contributed by atoms with Gasteiger partial charge in [0, 0.05) is 24.3 Å². The van der Waals surface area contributed by atoms with Crippen molar-refractivity contribution >= 4 is 29.1 Å². The summed E-state index contributed by atoms with van der Waals surface area (Å²) in [5.74, 6) is -1.18. The number of halogens is 2. The van der Waals surface area contributed by atoms with Gasteiger partial charge in [0.15, 0.2) is 0 Å². The highest BCUT2D eigenvalue weighted by Crippen LogP contribution is 2.20. The third-order valence-electron chi connectivity index (χ3n) is 3.74. The molecular formula is C17H14ClFN2O2. The van der Waals surface area contributed by atoms with Crippen LogP contribution in [0.25, 0.3) is 0 Å². The van der Waals surface area contributed by atoms with E-state index in [1.165, 1.54) is 17.0 Å². The second-order valence-corrected chi connectivity index (χ2v) is 5.64. The van der Waals surface area contributed by atoms with Crippen molar-refractivity contribution in [1.82, 2.24) is 4.90 Å². The summed E-state index contributed by atoms with van der Waals surface area (Å²) in [7, 11) is 0. The number of benzene rings is 2. The van der Waals surface area contributed by atoms with Crippen molar-refractivity contribution in [2.24, 2.45) is 0 Å². The Morgan fingerprint density at radius 2 is 1.83 bits per heavy atom. The first-order valence-corrected chi connectivity index (χ1v) is 7.54.